The topological polar surface area (TPSA) is 111 Å². The lowest BCUT2D eigenvalue weighted by atomic mass is 10.1. The first-order valence-corrected chi connectivity index (χ1v) is 7.10. The molecule has 1 fully saturated rings. The van der Waals surface area contributed by atoms with Gasteiger partial charge in [-0.05, 0) is 25.0 Å². The quantitative estimate of drug-likeness (QED) is 0.616. The van der Waals surface area contributed by atoms with Crippen LogP contribution < -0.4 is 15.8 Å². The zero-order chi connectivity index (χ0) is 16.1. The number of halogens is 1. The zero-order valence-corrected chi connectivity index (χ0v) is 13.7. The standard InChI is InChI=1S/C14H20N4O4.ClH/c1-22-11-2-3-12(13(8-11)18(20)21)16-14(19)9-17-6-4-10(15)5-7-17;/h2-3,8,10H,4-7,9,15H2,1H3,(H,16,19);1H. The van der Waals surface area contributed by atoms with Gasteiger partial charge in [0.2, 0.25) is 5.91 Å². The van der Waals surface area contributed by atoms with Crippen LogP contribution >= 0.6 is 12.4 Å². The number of nitro benzene ring substituents is 1. The average Bonchev–Trinajstić information content (AvgIpc) is 2.49. The molecule has 0 saturated carbocycles. The van der Waals surface area contributed by atoms with Gasteiger partial charge in [0.15, 0.2) is 0 Å². The van der Waals surface area contributed by atoms with Gasteiger partial charge in [-0.25, -0.2) is 0 Å². The first kappa shape index (κ1) is 19.1. The molecule has 0 atom stereocenters. The highest BCUT2D eigenvalue weighted by molar-refractivity contribution is 5.94. The van der Waals surface area contributed by atoms with Crippen LogP contribution in [0.25, 0.3) is 0 Å². The Kier molecular flexibility index (Phi) is 7.21. The number of carbonyl (C=O) groups is 1. The normalized spacial score (nSPS) is 15.6. The SMILES string of the molecule is COc1ccc(NC(=O)CN2CCC(N)CC2)c([N+](=O)[O-])c1.Cl. The minimum Gasteiger partial charge on any atom is -0.496 e. The molecule has 8 nitrogen and oxygen atoms in total. The van der Waals surface area contributed by atoms with Gasteiger partial charge in [-0.15, -0.1) is 12.4 Å². The molecule has 23 heavy (non-hydrogen) atoms. The van der Waals surface area contributed by atoms with Gasteiger partial charge in [-0.1, -0.05) is 0 Å². The molecule has 9 heteroatoms. The Balaban J connectivity index is 0.00000264. The van der Waals surface area contributed by atoms with Crippen molar-refractivity contribution in [1.29, 1.82) is 0 Å². The lowest BCUT2D eigenvalue weighted by Crippen LogP contribution is -2.43. The van der Waals surface area contributed by atoms with Crippen molar-refractivity contribution in [2.45, 2.75) is 18.9 Å². The highest BCUT2D eigenvalue weighted by Gasteiger charge is 2.21. The molecule has 1 aliphatic rings. The number of hydrogen-bond acceptors (Lipinski definition) is 6. The Morgan fingerprint density at radius 1 is 1.48 bits per heavy atom. The maximum absolute atomic E-state index is 12.1. The Labute approximate surface area is 140 Å². The number of nitrogens with one attached hydrogen (secondary N) is 1. The molecular weight excluding hydrogens is 324 g/mol. The summed E-state index contributed by atoms with van der Waals surface area (Å²) in [5, 5.41) is 13.7. The van der Waals surface area contributed by atoms with Crippen molar-refractivity contribution in [1.82, 2.24) is 4.90 Å². The molecule has 2 rings (SSSR count). The summed E-state index contributed by atoms with van der Waals surface area (Å²) in [6.45, 7) is 1.73. The van der Waals surface area contributed by atoms with Crippen molar-refractivity contribution >= 4 is 29.7 Å². The molecule has 0 unspecified atom stereocenters. The van der Waals surface area contributed by atoms with Crippen LogP contribution in [0.2, 0.25) is 0 Å². The minimum absolute atomic E-state index is 0. The van der Waals surface area contributed by atoms with E-state index in [1.165, 1.54) is 19.2 Å². The number of hydrogen-bond donors (Lipinski definition) is 2. The number of nitrogens with zero attached hydrogens (tertiary/aromatic N) is 2. The summed E-state index contributed by atoms with van der Waals surface area (Å²) in [4.78, 5) is 24.6. The van der Waals surface area contributed by atoms with Crippen LogP contribution in [0.15, 0.2) is 18.2 Å². The van der Waals surface area contributed by atoms with Gasteiger partial charge in [-0.3, -0.25) is 19.8 Å². The number of nitro groups is 1. The van der Waals surface area contributed by atoms with E-state index in [1.54, 1.807) is 6.07 Å². The molecular formula is C14H21ClN4O4. The number of benzene rings is 1. The molecule has 128 valence electrons. The van der Waals surface area contributed by atoms with Gasteiger partial charge >= 0.3 is 0 Å². The molecule has 0 aromatic heterocycles. The Bertz CT molecular complexity index is 562. The number of piperidine rings is 1. The van der Waals surface area contributed by atoms with E-state index in [0.717, 1.165) is 25.9 Å². The van der Waals surface area contributed by atoms with Crippen LogP contribution in [-0.2, 0) is 4.79 Å². The summed E-state index contributed by atoms with van der Waals surface area (Å²) < 4.78 is 4.96. The maximum Gasteiger partial charge on any atom is 0.296 e. The van der Waals surface area contributed by atoms with E-state index in [-0.39, 0.29) is 42.3 Å². The number of nitrogens with two attached hydrogens (primary N) is 1. The lowest BCUT2D eigenvalue weighted by Gasteiger charge is -2.29. The van der Waals surface area contributed by atoms with Crippen LogP contribution in [0.3, 0.4) is 0 Å². The lowest BCUT2D eigenvalue weighted by molar-refractivity contribution is -0.384. The number of rotatable bonds is 5. The second kappa shape index (κ2) is 8.66. The van der Waals surface area contributed by atoms with Crippen molar-refractivity contribution in [2.24, 2.45) is 5.73 Å². The van der Waals surface area contributed by atoms with Crippen LogP contribution in [0.1, 0.15) is 12.8 Å². The van der Waals surface area contributed by atoms with Gasteiger partial charge in [-0.2, -0.15) is 0 Å². The molecule has 0 bridgehead atoms. The van der Waals surface area contributed by atoms with Crippen LogP contribution in [-0.4, -0.2) is 48.5 Å². The number of carbonyl (C=O) groups excluding carboxylic acids is 1. The number of ether oxygens (including phenoxy) is 1. The fourth-order valence-electron chi connectivity index (χ4n) is 2.40. The predicted molar refractivity (Wildman–Crippen MR) is 89.2 cm³/mol. The van der Waals surface area contributed by atoms with Crippen molar-refractivity contribution < 1.29 is 14.5 Å². The minimum atomic E-state index is -0.544. The number of likely N-dealkylation sites (tertiary alicyclic amines) is 1. The second-order valence-electron chi connectivity index (χ2n) is 5.30. The third-order valence-electron chi connectivity index (χ3n) is 3.68. The smallest absolute Gasteiger partial charge is 0.296 e. The predicted octanol–water partition coefficient (Wildman–Crippen LogP) is 1.39. The Hall–Kier alpha value is -1.90. The van der Waals surface area contributed by atoms with Crippen LogP contribution in [0.4, 0.5) is 11.4 Å². The summed E-state index contributed by atoms with van der Waals surface area (Å²) >= 11 is 0. The number of methoxy groups -OCH3 is 1. The van der Waals surface area contributed by atoms with E-state index in [0.29, 0.717) is 5.75 Å². The highest BCUT2D eigenvalue weighted by atomic mass is 35.5. The molecule has 1 heterocycles. The van der Waals surface area contributed by atoms with E-state index in [1.807, 2.05) is 4.90 Å². The van der Waals surface area contributed by atoms with Gasteiger partial charge in [0, 0.05) is 19.1 Å². The van der Waals surface area contributed by atoms with Crippen molar-refractivity contribution in [2.75, 3.05) is 32.1 Å². The number of anilines is 1. The van der Waals surface area contributed by atoms with E-state index >= 15 is 0 Å². The average molecular weight is 345 g/mol. The summed E-state index contributed by atoms with van der Waals surface area (Å²) in [6.07, 6.45) is 1.71. The summed E-state index contributed by atoms with van der Waals surface area (Å²) in [5.41, 5.74) is 5.80. The third-order valence-corrected chi connectivity index (χ3v) is 3.68. The molecule has 1 aliphatic heterocycles. The molecule has 0 radical (unpaired) electrons. The molecule has 1 saturated heterocycles. The van der Waals surface area contributed by atoms with Crippen LogP contribution in [0, 0.1) is 10.1 Å². The summed E-state index contributed by atoms with van der Waals surface area (Å²) in [7, 11) is 1.43. The van der Waals surface area contributed by atoms with Crippen molar-refractivity contribution in [3.8, 4) is 5.75 Å². The maximum atomic E-state index is 12.1. The second-order valence-corrected chi connectivity index (χ2v) is 5.30. The first-order valence-electron chi connectivity index (χ1n) is 7.10. The number of amides is 1. The van der Waals surface area contributed by atoms with E-state index in [9.17, 15) is 14.9 Å². The molecule has 0 aliphatic carbocycles. The fraction of sp³-hybridized carbons (Fsp3) is 0.500. The van der Waals surface area contributed by atoms with E-state index in [2.05, 4.69) is 5.32 Å². The monoisotopic (exact) mass is 344 g/mol. The van der Waals surface area contributed by atoms with E-state index in [4.69, 9.17) is 10.5 Å². The van der Waals surface area contributed by atoms with Gasteiger partial charge in [0.1, 0.15) is 11.4 Å². The van der Waals surface area contributed by atoms with Crippen molar-refractivity contribution in [3.05, 3.63) is 28.3 Å². The fourth-order valence-corrected chi connectivity index (χ4v) is 2.40. The van der Waals surface area contributed by atoms with Crippen molar-refractivity contribution in [3.63, 3.8) is 0 Å². The third kappa shape index (κ3) is 5.34. The molecule has 1 amide bonds. The Morgan fingerprint density at radius 3 is 2.70 bits per heavy atom. The highest BCUT2D eigenvalue weighted by Crippen LogP contribution is 2.28. The first-order chi connectivity index (χ1) is 10.5. The summed E-state index contributed by atoms with van der Waals surface area (Å²) in [6, 6.07) is 4.53. The Morgan fingerprint density at radius 2 is 2.13 bits per heavy atom. The van der Waals surface area contributed by atoms with Gasteiger partial charge < -0.3 is 15.8 Å². The molecule has 1 aromatic rings. The van der Waals surface area contributed by atoms with Crippen LogP contribution in [0.5, 0.6) is 5.75 Å². The molecule has 1 aromatic carbocycles. The summed E-state index contributed by atoms with van der Waals surface area (Å²) in [5.74, 6) is 0.0958. The molecule has 3 N–H and O–H groups in total. The largest absolute Gasteiger partial charge is 0.496 e. The molecule has 0 spiro atoms. The van der Waals surface area contributed by atoms with E-state index < -0.39 is 4.92 Å². The van der Waals surface area contributed by atoms with Gasteiger partial charge in [0.05, 0.1) is 24.6 Å². The zero-order valence-electron chi connectivity index (χ0n) is 12.9. The van der Waals surface area contributed by atoms with Gasteiger partial charge in [0.25, 0.3) is 5.69 Å².